The first-order valence-electron chi connectivity index (χ1n) is 8.08. The van der Waals surface area contributed by atoms with Crippen LogP contribution < -0.4 is 0 Å². The Labute approximate surface area is 141 Å². The van der Waals surface area contributed by atoms with Gasteiger partial charge in [0, 0.05) is 30.9 Å². The Kier molecular flexibility index (Phi) is 5.07. The molecule has 5 heteroatoms. The molecule has 3 rings (SSSR count). The fraction of sp³-hybridized carbons (Fsp3) is 0.316. The highest BCUT2D eigenvalue weighted by molar-refractivity contribution is 5.67. The minimum absolute atomic E-state index is 0.259. The Balaban J connectivity index is 1.49. The van der Waals surface area contributed by atoms with Crippen LogP contribution >= 0.6 is 0 Å². The number of carbonyl (C=O) groups excluding carboxylic acids is 1. The van der Waals surface area contributed by atoms with E-state index in [4.69, 9.17) is 10.00 Å². The van der Waals surface area contributed by atoms with E-state index in [0.717, 1.165) is 24.1 Å². The van der Waals surface area contributed by atoms with Crippen LogP contribution in [-0.2, 0) is 11.3 Å². The summed E-state index contributed by atoms with van der Waals surface area (Å²) in [4.78, 5) is 18.3. The van der Waals surface area contributed by atoms with Gasteiger partial charge in [-0.1, -0.05) is 30.3 Å². The van der Waals surface area contributed by atoms with Crippen LogP contribution in [-0.4, -0.2) is 29.1 Å². The molecule has 0 aliphatic carbocycles. The Bertz CT molecular complexity index is 715. The molecule has 1 amide bonds. The molecule has 0 radical (unpaired) electrons. The van der Waals surface area contributed by atoms with Crippen molar-refractivity contribution in [1.82, 2.24) is 9.88 Å². The number of hydrogen-bond acceptors (Lipinski definition) is 4. The summed E-state index contributed by atoms with van der Waals surface area (Å²) in [6.07, 6.45) is 3.07. The van der Waals surface area contributed by atoms with Gasteiger partial charge in [0.2, 0.25) is 0 Å². The topological polar surface area (TPSA) is 66.2 Å². The van der Waals surface area contributed by atoms with E-state index in [1.165, 1.54) is 0 Å². The lowest BCUT2D eigenvalue weighted by atomic mass is 9.93. The molecule has 0 spiro atoms. The second kappa shape index (κ2) is 7.60. The largest absolute Gasteiger partial charge is 0.445 e. The molecule has 2 aromatic rings. The molecule has 0 saturated carbocycles. The van der Waals surface area contributed by atoms with Crippen molar-refractivity contribution in [3.05, 3.63) is 65.5 Å². The second-order valence-corrected chi connectivity index (χ2v) is 5.89. The first kappa shape index (κ1) is 16.0. The predicted octanol–water partition coefficient (Wildman–Crippen LogP) is 3.47. The number of benzene rings is 1. The summed E-state index contributed by atoms with van der Waals surface area (Å²) in [6.45, 7) is 1.64. The van der Waals surface area contributed by atoms with Crippen molar-refractivity contribution in [2.75, 3.05) is 13.1 Å². The number of hydrogen-bond donors (Lipinski definition) is 0. The number of likely N-dealkylation sites (tertiary alicyclic amines) is 1. The van der Waals surface area contributed by atoms with Crippen molar-refractivity contribution in [1.29, 1.82) is 5.26 Å². The lowest BCUT2D eigenvalue weighted by molar-refractivity contribution is 0.0868. The zero-order valence-electron chi connectivity index (χ0n) is 13.4. The van der Waals surface area contributed by atoms with Gasteiger partial charge in [-0.3, -0.25) is 4.98 Å². The molecule has 122 valence electrons. The monoisotopic (exact) mass is 321 g/mol. The van der Waals surface area contributed by atoms with Gasteiger partial charge in [-0.05, 0) is 30.5 Å². The fourth-order valence-electron chi connectivity index (χ4n) is 2.88. The zero-order valence-corrected chi connectivity index (χ0v) is 13.4. The van der Waals surface area contributed by atoms with Crippen molar-refractivity contribution in [2.45, 2.75) is 25.4 Å². The summed E-state index contributed by atoms with van der Waals surface area (Å²) in [7, 11) is 0. The molecule has 1 aromatic carbocycles. The highest BCUT2D eigenvalue weighted by atomic mass is 16.6. The third-order valence-corrected chi connectivity index (χ3v) is 4.29. The van der Waals surface area contributed by atoms with Gasteiger partial charge in [0.15, 0.2) is 0 Å². The van der Waals surface area contributed by atoms with E-state index in [1.54, 1.807) is 17.2 Å². The van der Waals surface area contributed by atoms with Crippen LogP contribution in [0.4, 0.5) is 4.79 Å². The number of rotatable bonds is 3. The summed E-state index contributed by atoms with van der Waals surface area (Å²) >= 11 is 0. The molecule has 1 aromatic heterocycles. The zero-order chi connectivity index (χ0) is 16.8. The summed E-state index contributed by atoms with van der Waals surface area (Å²) < 4.78 is 5.37. The van der Waals surface area contributed by atoms with Gasteiger partial charge < -0.3 is 9.64 Å². The minimum atomic E-state index is -0.259. The van der Waals surface area contributed by atoms with Crippen LogP contribution in [0.3, 0.4) is 0 Å². The van der Waals surface area contributed by atoms with E-state index in [1.807, 2.05) is 36.4 Å². The van der Waals surface area contributed by atoms with Gasteiger partial charge in [-0.15, -0.1) is 0 Å². The standard InChI is InChI=1S/C19H19N3O2/c20-12-16-6-7-18(21-13-16)17-8-10-22(11-9-17)19(23)24-14-15-4-2-1-3-5-15/h1-7,13,17H,8-11,14H2. The van der Waals surface area contributed by atoms with Gasteiger partial charge in [0.05, 0.1) is 5.56 Å². The van der Waals surface area contributed by atoms with Crippen molar-refractivity contribution >= 4 is 6.09 Å². The first-order valence-corrected chi connectivity index (χ1v) is 8.08. The number of nitriles is 1. The van der Waals surface area contributed by atoms with E-state index in [9.17, 15) is 4.79 Å². The maximum absolute atomic E-state index is 12.2. The van der Waals surface area contributed by atoms with Crippen LogP contribution in [0.15, 0.2) is 48.7 Å². The average Bonchev–Trinajstić information content (AvgIpc) is 2.67. The normalized spacial score (nSPS) is 14.9. The van der Waals surface area contributed by atoms with E-state index >= 15 is 0 Å². The highest BCUT2D eigenvalue weighted by Crippen LogP contribution is 2.27. The van der Waals surface area contributed by atoms with Gasteiger partial charge in [-0.25, -0.2) is 4.79 Å². The third-order valence-electron chi connectivity index (χ3n) is 4.29. The average molecular weight is 321 g/mol. The number of pyridine rings is 1. The maximum Gasteiger partial charge on any atom is 0.410 e. The predicted molar refractivity (Wildman–Crippen MR) is 89.1 cm³/mol. The van der Waals surface area contributed by atoms with Crippen LogP contribution in [0.2, 0.25) is 0 Å². The molecule has 0 N–H and O–H groups in total. The summed E-state index contributed by atoms with van der Waals surface area (Å²) in [5.74, 6) is 0.330. The fourth-order valence-corrected chi connectivity index (χ4v) is 2.88. The van der Waals surface area contributed by atoms with E-state index in [2.05, 4.69) is 11.1 Å². The molecule has 1 aliphatic rings. The van der Waals surface area contributed by atoms with E-state index < -0.39 is 0 Å². The van der Waals surface area contributed by atoms with Crippen molar-refractivity contribution in [2.24, 2.45) is 0 Å². The van der Waals surface area contributed by atoms with E-state index in [-0.39, 0.29) is 6.09 Å². The van der Waals surface area contributed by atoms with Gasteiger partial charge >= 0.3 is 6.09 Å². The first-order chi connectivity index (χ1) is 11.8. The van der Waals surface area contributed by atoms with Gasteiger partial charge in [0.1, 0.15) is 12.7 Å². The molecule has 2 heterocycles. The van der Waals surface area contributed by atoms with Gasteiger partial charge in [-0.2, -0.15) is 5.26 Å². The van der Waals surface area contributed by atoms with Gasteiger partial charge in [0.25, 0.3) is 0 Å². The van der Waals surface area contributed by atoms with Crippen LogP contribution in [0, 0.1) is 11.3 Å². The number of nitrogens with zero attached hydrogens (tertiary/aromatic N) is 3. The smallest absolute Gasteiger partial charge is 0.410 e. The van der Waals surface area contributed by atoms with Crippen LogP contribution in [0.5, 0.6) is 0 Å². The maximum atomic E-state index is 12.2. The summed E-state index contributed by atoms with van der Waals surface area (Å²) in [5.41, 5.74) is 2.55. The summed E-state index contributed by atoms with van der Waals surface area (Å²) in [5, 5.41) is 8.82. The molecule has 5 nitrogen and oxygen atoms in total. The minimum Gasteiger partial charge on any atom is -0.445 e. The van der Waals surface area contributed by atoms with Crippen LogP contribution in [0.1, 0.15) is 35.6 Å². The number of amides is 1. The molecular formula is C19H19N3O2. The Morgan fingerprint density at radius 1 is 1.21 bits per heavy atom. The van der Waals surface area contributed by atoms with Crippen molar-refractivity contribution in [3.63, 3.8) is 0 Å². The van der Waals surface area contributed by atoms with Crippen molar-refractivity contribution < 1.29 is 9.53 Å². The second-order valence-electron chi connectivity index (χ2n) is 5.89. The van der Waals surface area contributed by atoms with Crippen molar-refractivity contribution in [3.8, 4) is 6.07 Å². The Hall–Kier alpha value is -2.87. The number of aromatic nitrogens is 1. The molecule has 1 saturated heterocycles. The Morgan fingerprint density at radius 2 is 1.96 bits per heavy atom. The number of carbonyl (C=O) groups is 1. The Morgan fingerprint density at radius 3 is 2.58 bits per heavy atom. The number of ether oxygens (including phenoxy) is 1. The molecule has 1 aliphatic heterocycles. The lowest BCUT2D eigenvalue weighted by Crippen LogP contribution is -2.38. The van der Waals surface area contributed by atoms with Crippen LogP contribution in [0.25, 0.3) is 0 Å². The lowest BCUT2D eigenvalue weighted by Gasteiger charge is -2.31. The molecule has 0 atom stereocenters. The number of piperidine rings is 1. The quantitative estimate of drug-likeness (QED) is 0.868. The third kappa shape index (κ3) is 3.90. The molecular weight excluding hydrogens is 302 g/mol. The SMILES string of the molecule is N#Cc1ccc(C2CCN(C(=O)OCc3ccccc3)CC2)nc1. The highest BCUT2D eigenvalue weighted by Gasteiger charge is 2.25. The molecule has 0 bridgehead atoms. The molecule has 1 fully saturated rings. The summed E-state index contributed by atoms with van der Waals surface area (Å²) in [6, 6.07) is 15.5. The van der Waals surface area contributed by atoms with E-state index in [0.29, 0.717) is 31.2 Å². The molecule has 0 unspecified atom stereocenters. The molecule has 24 heavy (non-hydrogen) atoms.